The largest absolute Gasteiger partial charge is 0.478 e. The van der Waals surface area contributed by atoms with Crippen molar-refractivity contribution in [3.8, 4) is 11.5 Å². The summed E-state index contributed by atoms with van der Waals surface area (Å²) >= 11 is 6.06. The van der Waals surface area contributed by atoms with Gasteiger partial charge in [-0.1, -0.05) is 17.7 Å². The molecule has 4 heterocycles. The molecule has 0 spiro atoms. The fraction of sp³-hybridized carbons (Fsp3) is 0.259. The molecule has 1 atom stereocenters. The average molecular weight is 622 g/mol. The second-order valence-corrected chi connectivity index (χ2v) is 10.5. The van der Waals surface area contributed by atoms with Crippen LogP contribution in [0.2, 0.25) is 5.02 Å². The number of anilines is 2. The van der Waals surface area contributed by atoms with Gasteiger partial charge in [0.15, 0.2) is 5.82 Å². The minimum atomic E-state index is -5.73. The molecule has 4 aromatic rings. The number of amides is 1. The molecule has 16 heteroatoms. The van der Waals surface area contributed by atoms with Gasteiger partial charge in [0.25, 0.3) is 0 Å². The second-order valence-electron chi connectivity index (χ2n) is 10.0. The van der Waals surface area contributed by atoms with Crippen molar-refractivity contribution in [2.24, 2.45) is 0 Å². The molecule has 3 aromatic heterocycles. The minimum Gasteiger partial charge on any atom is -0.478 e. The normalized spacial score (nSPS) is 17.3. The fourth-order valence-corrected chi connectivity index (χ4v) is 4.99. The third kappa shape index (κ3) is 5.13. The molecule has 0 aliphatic carbocycles. The van der Waals surface area contributed by atoms with Crippen LogP contribution in [0.4, 0.5) is 33.6 Å². The van der Waals surface area contributed by atoms with Gasteiger partial charge in [0.2, 0.25) is 5.91 Å². The molecule has 1 aliphatic heterocycles. The lowest BCUT2D eigenvalue weighted by molar-refractivity contribution is -0.285. The summed E-state index contributed by atoms with van der Waals surface area (Å²) < 4.78 is 66.7. The van der Waals surface area contributed by atoms with Crippen molar-refractivity contribution in [3.63, 3.8) is 0 Å². The van der Waals surface area contributed by atoms with Crippen LogP contribution in [-0.2, 0) is 21.5 Å². The van der Waals surface area contributed by atoms with Gasteiger partial charge in [-0.15, -0.1) is 0 Å². The lowest BCUT2D eigenvalue weighted by Crippen LogP contribution is -2.37. The zero-order chi connectivity index (χ0) is 31.5. The third-order valence-corrected chi connectivity index (χ3v) is 7.41. The molecule has 224 valence electrons. The van der Waals surface area contributed by atoms with Gasteiger partial charge in [-0.05, 0) is 49.2 Å². The highest BCUT2D eigenvalue weighted by Crippen LogP contribution is 2.45. The number of fused-ring (bicyclic) bond motifs is 2. The first kappa shape index (κ1) is 29.8. The first-order valence-electron chi connectivity index (χ1n) is 12.5. The van der Waals surface area contributed by atoms with Crippen molar-refractivity contribution in [2.75, 3.05) is 11.1 Å². The maximum absolute atomic E-state index is 13.7. The van der Waals surface area contributed by atoms with Crippen LogP contribution in [0.3, 0.4) is 0 Å². The quantitative estimate of drug-likeness (QED) is 0.182. The molecule has 1 unspecified atom stereocenters. The third-order valence-electron chi connectivity index (χ3n) is 7.17. The van der Waals surface area contributed by atoms with Crippen LogP contribution in [0.25, 0.3) is 28.0 Å². The fourth-order valence-electron chi connectivity index (χ4n) is 4.82. The van der Waals surface area contributed by atoms with Gasteiger partial charge in [0, 0.05) is 35.6 Å². The van der Waals surface area contributed by atoms with E-state index in [1.165, 1.54) is 24.4 Å². The first-order valence-corrected chi connectivity index (χ1v) is 12.9. The Bertz CT molecular complexity index is 1820. The Morgan fingerprint density at radius 2 is 1.91 bits per heavy atom. The number of benzene rings is 1. The summed E-state index contributed by atoms with van der Waals surface area (Å²) in [5, 5.41) is 16.3. The Morgan fingerprint density at radius 3 is 2.53 bits per heavy atom. The molecule has 0 saturated heterocycles. The molecule has 43 heavy (non-hydrogen) atoms. The lowest BCUT2D eigenvalue weighted by atomic mass is 9.80. The first-order chi connectivity index (χ1) is 20.0. The summed E-state index contributed by atoms with van der Waals surface area (Å²) in [5.74, 6) is -6.83. The second kappa shape index (κ2) is 10.3. The summed E-state index contributed by atoms with van der Waals surface area (Å²) in [5.41, 5.74) is 6.50. The number of carboxylic acids is 1. The SMILES string of the molecule is CC(=CC(=O)O)c1ccc(C2(C)C(=O)Nc3nc(-c4nn(CCC(F)(F)C(F)(F)F)c5cc(Cl)ccc45)nc(N)c32)nc1. The molecule has 0 saturated carbocycles. The number of nitrogens with two attached hydrogens (primary N) is 1. The number of aryl methyl sites for hydroxylation is 1. The summed E-state index contributed by atoms with van der Waals surface area (Å²) in [7, 11) is 0. The number of hydrogen-bond acceptors (Lipinski definition) is 7. The Kier molecular flexibility index (Phi) is 7.11. The number of rotatable bonds is 7. The van der Waals surface area contributed by atoms with Crippen LogP contribution in [0.1, 0.15) is 37.1 Å². The predicted molar refractivity (Wildman–Crippen MR) is 146 cm³/mol. The van der Waals surface area contributed by atoms with E-state index in [0.29, 0.717) is 16.5 Å². The van der Waals surface area contributed by atoms with Crippen molar-refractivity contribution in [1.82, 2.24) is 24.7 Å². The smallest absolute Gasteiger partial charge is 0.453 e. The number of halogens is 6. The highest BCUT2D eigenvalue weighted by molar-refractivity contribution is 6.31. The molecular weight excluding hydrogens is 601 g/mol. The number of alkyl halides is 5. The highest BCUT2D eigenvalue weighted by atomic mass is 35.5. The summed E-state index contributed by atoms with van der Waals surface area (Å²) in [6.45, 7) is 2.35. The molecule has 1 aliphatic rings. The van der Waals surface area contributed by atoms with Crippen molar-refractivity contribution < 1.29 is 36.6 Å². The van der Waals surface area contributed by atoms with Gasteiger partial charge in [0.1, 0.15) is 22.7 Å². The van der Waals surface area contributed by atoms with Crippen LogP contribution in [0.5, 0.6) is 0 Å². The summed E-state index contributed by atoms with van der Waals surface area (Å²) in [6.07, 6.45) is -4.87. The van der Waals surface area contributed by atoms with Gasteiger partial charge in [-0.2, -0.15) is 27.1 Å². The Labute approximate surface area is 244 Å². The van der Waals surface area contributed by atoms with Gasteiger partial charge in [-0.25, -0.2) is 14.8 Å². The average Bonchev–Trinajstić information content (AvgIpc) is 3.41. The van der Waals surface area contributed by atoms with E-state index in [1.807, 2.05) is 0 Å². The number of carboxylic acid groups (broad SMARTS) is 1. The van der Waals surface area contributed by atoms with Crippen LogP contribution >= 0.6 is 11.6 Å². The molecule has 1 amide bonds. The predicted octanol–water partition coefficient (Wildman–Crippen LogP) is 5.46. The van der Waals surface area contributed by atoms with E-state index in [-0.39, 0.29) is 45.0 Å². The highest BCUT2D eigenvalue weighted by Gasteiger charge is 2.57. The maximum atomic E-state index is 13.7. The zero-order valence-corrected chi connectivity index (χ0v) is 23.1. The standard InChI is InChI=1S/C27H21ClF5N7O3/c1-12(9-18(41)42)13-3-6-17(35-11-13)25(2)19-21(34)36-23(37-22(19)38-24(25)43)20-15-5-4-14(28)10-16(15)40(39-20)8-7-26(29,30)27(31,32)33/h3-6,9-11H,7-8H2,1-2H3,(H,41,42)(H3,34,36,37,38,43). The number of nitrogens with one attached hydrogen (secondary N) is 1. The van der Waals surface area contributed by atoms with Crippen molar-refractivity contribution >= 4 is 51.6 Å². The molecule has 0 bridgehead atoms. The van der Waals surface area contributed by atoms with Crippen LogP contribution in [0, 0.1) is 0 Å². The maximum Gasteiger partial charge on any atom is 0.453 e. The summed E-state index contributed by atoms with van der Waals surface area (Å²) in [6, 6.07) is 7.47. The number of hydrogen-bond donors (Lipinski definition) is 3. The van der Waals surface area contributed by atoms with Crippen LogP contribution < -0.4 is 11.1 Å². The van der Waals surface area contributed by atoms with E-state index in [1.54, 1.807) is 26.0 Å². The molecule has 5 rings (SSSR count). The van der Waals surface area contributed by atoms with Crippen molar-refractivity contribution in [3.05, 3.63) is 64.4 Å². The van der Waals surface area contributed by atoms with Gasteiger partial charge >= 0.3 is 18.1 Å². The number of pyridine rings is 1. The van der Waals surface area contributed by atoms with Crippen molar-refractivity contribution in [1.29, 1.82) is 0 Å². The molecule has 1 aromatic carbocycles. The topological polar surface area (TPSA) is 149 Å². The number of nitrogen functional groups attached to an aromatic ring is 1. The monoisotopic (exact) mass is 621 g/mol. The molecule has 4 N–H and O–H groups in total. The number of carbonyl (C=O) groups is 2. The number of aromatic nitrogens is 5. The van der Waals surface area contributed by atoms with E-state index in [9.17, 15) is 31.5 Å². The molecular formula is C27H21ClF5N7O3. The van der Waals surface area contributed by atoms with E-state index in [4.69, 9.17) is 22.4 Å². The molecule has 0 radical (unpaired) electrons. The number of nitrogens with zero attached hydrogens (tertiary/aromatic N) is 5. The summed E-state index contributed by atoms with van der Waals surface area (Å²) in [4.78, 5) is 37.4. The number of aliphatic carboxylic acids is 1. The number of allylic oxidation sites excluding steroid dienone is 1. The van der Waals surface area contributed by atoms with Gasteiger partial charge in [-0.3, -0.25) is 14.5 Å². The molecule has 0 fully saturated rings. The Balaban J connectivity index is 1.56. The van der Waals surface area contributed by atoms with Crippen LogP contribution in [0.15, 0.2) is 42.6 Å². The minimum absolute atomic E-state index is 0.0162. The Hall–Kier alpha value is -4.66. The zero-order valence-electron chi connectivity index (χ0n) is 22.3. The number of carbonyl (C=O) groups excluding carboxylic acids is 1. The molecule has 10 nitrogen and oxygen atoms in total. The van der Waals surface area contributed by atoms with Gasteiger partial charge in [0.05, 0.1) is 16.8 Å². The lowest BCUT2D eigenvalue weighted by Gasteiger charge is -2.22. The van der Waals surface area contributed by atoms with Crippen molar-refractivity contribution in [2.45, 2.75) is 44.3 Å². The van der Waals surface area contributed by atoms with E-state index in [2.05, 4.69) is 25.4 Å². The van der Waals surface area contributed by atoms with E-state index < -0.39 is 42.4 Å². The Morgan fingerprint density at radius 1 is 1.19 bits per heavy atom. The van der Waals surface area contributed by atoms with Crippen LogP contribution in [-0.4, -0.2) is 53.8 Å². The van der Waals surface area contributed by atoms with E-state index >= 15 is 0 Å². The van der Waals surface area contributed by atoms with E-state index in [0.717, 1.165) is 10.8 Å². The van der Waals surface area contributed by atoms with Gasteiger partial charge < -0.3 is 16.2 Å².